The van der Waals surface area contributed by atoms with Gasteiger partial charge in [0.05, 0.1) is 35.6 Å². The molecule has 2 aromatic carbocycles. The van der Waals surface area contributed by atoms with Crippen molar-refractivity contribution in [2.75, 3.05) is 50.3 Å². The van der Waals surface area contributed by atoms with Crippen molar-refractivity contribution in [2.45, 2.75) is 51.2 Å². The Morgan fingerprint density at radius 2 is 1.86 bits per heavy atom. The summed E-state index contributed by atoms with van der Waals surface area (Å²) < 4.78 is 14.8. The number of methoxy groups -OCH3 is 1. The number of carbonyl (C=O) groups excluding carboxylic acids is 1. The van der Waals surface area contributed by atoms with E-state index in [0.717, 1.165) is 34.9 Å². The molecule has 1 fully saturated rings. The maximum atomic E-state index is 14.0. The summed E-state index contributed by atoms with van der Waals surface area (Å²) >= 11 is 0. The number of hydrogen-bond acceptors (Lipinski definition) is 8. The summed E-state index contributed by atoms with van der Waals surface area (Å²) in [6.45, 7) is 7.03. The van der Waals surface area contributed by atoms with Gasteiger partial charge in [0.15, 0.2) is 0 Å². The monoisotopic (exact) mass is 585 g/mol. The third-order valence-electron chi connectivity index (χ3n) is 8.81. The van der Waals surface area contributed by atoms with Crippen molar-refractivity contribution in [3.8, 4) is 0 Å². The number of fused-ring (bicyclic) bond motifs is 2. The number of benzene rings is 2. The Balaban J connectivity index is 1.32. The predicted octanol–water partition coefficient (Wildman–Crippen LogP) is 2.66. The standard InChI is InChI=1S/C32H39N7O4/c1-32(2)25-9-6-21(16-27(25)37(4)31(32)41)12-13-39-28(10-11-29-35-33-20-36(29)3)34-26-17-22(7-8-24(26)30(39)40)38-14-15-43-23(18-38)19-42-5/h6-9,16-17,20,23H,10-15,18-19H2,1-5H3/t23-/m1/s1. The Bertz CT molecular complexity index is 1720. The Labute approximate surface area is 251 Å². The van der Waals surface area contributed by atoms with Crippen LogP contribution in [0.15, 0.2) is 47.5 Å². The number of likely N-dealkylation sites (N-methyl/N-ethyl adjacent to an activating group) is 1. The van der Waals surface area contributed by atoms with E-state index in [4.69, 9.17) is 14.5 Å². The third kappa shape index (κ3) is 5.43. The zero-order valence-corrected chi connectivity index (χ0v) is 25.5. The van der Waals surface area contributed by atoms with Crippen LogP contribution in [0.1, 0.15) is 36.6 Å². The maximum absolute atomic E-state index is 14.0. The van der Waals surface area contributed by atoms with E-state index in [1.807, 2.05) is 56.8 Å². The largest absolute Gasteiger partial charge is 0.382 e. The zero-order valence-electron chi connectivity index (χ0n) is 25.5. The van der Waals surface area contributed by atoms with Gasteiger partial charge in [-0.05, 0) is 55.7 Å². The van der Waals surface area contributed by atoms with Gasteiger partial charge in [0.2, 0.25) is 5.91 Å². The van der Waals surface area contributed by atoms with E-state index in [2.05, 4.69) is 27.2 Å². The van der Waals surface area contributed by atoms with Crippen LogP contribution in [0, 0.1) is 0 Å². The normalized spacial score (nSPS) is 18.1. The molecule has 0 bridgehead atoms. The topological polar surface area (TPSA) is 108 Å². The lowest BCUT2D eigenvalue weighted by Crippen LogP contribution is -2.44. The molecule has 0 saturated carbocycles. The van der Waals surface area contributed by atoms with E-state index in [1.54, 1.807) is 22.9 Å². The molecule has 1 amide bonds. The Morgan fingerprint density at radius 3 is 2.63 bits per heavy atom. The molecule has 4 heterocycles. The Morgan fingerprint density at radius 1 is 1.05 bits per heavy atom. The molecule has 0 unspecified atom stereocenters. The summed E-state index contributed by atoms with van der Waals surface area (Å²) in [7, 11) is 5.42. The molecule has 2 aliphatic rings. The minimum absolute atomic E-state index is 0.000519. The number of nitrogens with zero attached hydrogens (tertiary/aromatic N) is 7. The number of anilines is 2. The summed E-state index contributed by atoms with van der Waals surface area (Å²) in [5.74, 6) is 1.64. The van der Waals surface area contributed by atoms with E-state index in [0.29, 0.717) is 62.3 Å². The van der Waals surface area contributed by atoms with Crippen LogP contribution >= 0.6 is 0 Å². The fourth-order valence-electron chi connectivity index (χ4n) is 6.29. The Kier molecular flexibility index (Phi) is 7.78. The predicted molar refractivity (Wildman–Crippen MR) is 165 cm³/mol. The number of aromatic nitrogens is 5. The van der Waals surface area contributed by atoms with Gasteiger partial charge in [-0.3, -0.25) is 14.2 Å². The fourth-order valence-corrected chi connectivity index (χ4v) is 6.29. The molecule has 43 heavy (non-hydrogen) atoms. The van der Waals surface area contributed by atoms with Gasteiger partial charge in [-0.2, -0.15) is 0 Å². The average molecular weight is 586 g/mol. The molecule has 11 heteroatoms. The number of ether oxygens (including phenoxy) is 2. The lowest BCUT2D eigenvalue weighted by atomic mass is 9.86. The third-order valence-corrected chi connectivity index (χ3v) is 8.81. The highest BCUT2D eigenvalue weighted by molar-refractivity contribution is 6.07. The molecule has 0 N–H and O–H groups in total. The van der Waals surface area contributed by atoms with Crippen LogP contribution in [0.4, 0.5) is 11.4 Å². The van der Waals surface area contributed by atoms with Crippen molar-refractivity contribution in [3.05, 3.63) is 75.9 Å². The van der Waals surface area contributed by atoms with Crippen LogP contribution in [0.3, 0.4) is 0 Å². The summed E-state index contributed by atoms with van der Waals surface area (Å²) in [5, 5.41) is 8.83. The lowest BCUT2D eigenvalue weighted by Gasteiger charge is -2.34. The molecule has 0 spiro atoms. The van der Waals surface area contributed by atoms with Crippen molar-refractivity contribution in [1.29, 1.82) is 0 Å². The van der Waals surface area contributed by atoms with E-state index < -0.39 is 5.41 Å². The van der Waals surface area contributed by atoms with Crippen LogP contribution in [-0.2, 0) is 52.5 Å². The molecule has 11 nitrogen and oxygen atoms in total. The van der Waals surface area contributed by atoms with E-state index in [1.165, 1.54) is 0 Å². The van der Waals surface area contributed by atoms with Crippen LogP contribution in [0.25, 0.3) is 10.9 Å². The molecule has 226 valence electrons. The second-order valence-corrected chi connectivity index (χ2v) is 12.0. The average Bonchev–Trinajstić information content (AvgIpc) is 3.49. The molecular formula is C32H39N7O4. The quantitative estimate of drug-likeness (QED) is 0.295. The summed E-state index contributed by atoms with van der Waals surface area (Å²) in [6.07, 6.45) is 3.47. The molecule has 0 aliphatic carbocycles. The van der Waals surface area contributed by atoms with Crippen LogP contribution in [0.5, 0.6) is 0 Å². The molecule has 0 radical (unpaired) electrons. The molecule has 4 aromatic rings. The first-order chi connectivity index (χ1) is 20.7. The lowest BCUT2D eigenvalue weighted by molar-refractivity contribution is -0.121. The summed E-state index contributed by atoms with van der Waals surface area (Å²) in [6, 6.07) is 12.1. The van der Waals surface area contributed by atoms with Crippen LogP contribution in [0.2, 0.25) is 0 Å². The van der Waals surface area contributed by atoms with Gasteiger partial charge in [-0.25, -0.2) is 4.98 Å². The molecule has 6 rings (SSSR count). The van der Waals surface area contributed by atoms with Gasteiger partial charge >= 0.3 is 0 Å². The first kappa shape index (κ1) is 29.0. The molecular weight excluding hydrogens is 546 g/mol. The van der Waals surface area contributed by atoms with E-state index in [-0.39, 0.29) is 17.6 Å². The maximum Gasteiger partial charge on any atom is 0.261 e. The van der Waals surface area contributed by atoms with Gasteiger partial charge in [0.25, 0.3) is 5.56 Å². The molecule has 2 aliphatic heterocycles. The number of morpholine rings is 1. The minimum Gasteiger partial charge on any atom is -0.382 e. The van der Waals surface area contributed by atoms with Gasteiger partial charge in [0, 0.05) is 65.1 Å². The number of carbonyl (C=O) groups is 1. The summed E-state index contributed by atoms with van der Waals surface area (Å²) in [4.78, 5) is 35.8. The van der Waals surface area contributed by atoms with Gasteiger partial charge in [-0.15, -0.1) is 10.2 Å². The van der Waals surface area contributed by atoms with Crippen molar-refractivity contribution < 1.29 is 14.3 Å². The number of aryl methyl sites for hydroxylation is 4. The Hall–Kier alpha value is -4.09. The zero-order chi connectivity index (χ0) is 30.3. The van der Waals surface area contributed by atoms with Crippen LogP contribution in [-0.4, -0.2) is 76.8 Å². The highest BCUT2D eigenvalue weighted by Crippen LogP contribution is 2.41. The minimum atomic E-state index is -0.542. The van der Waals surface area contributed by atoms with Crippen molar-refractivity contribution in [1.82, 2.24) is 24.3 Å². The summed E-state index contributed by atoms with van der Waals surface area (Å²) in [5.41, 5.74) is 4.13. The first-order valence-electron chi connectivity index (χ1n) is 14.8. The number of hydrogen-bond donors (Lipinski definition) is 0. The van der Waals surface area contributed by atoms with E-state index in [9.17, 15) is 9.59 Å². The fraction of sp³-hybridized carbons (Fsp3) is 0.469. The second-order valence-electron chi connectivity index (χ2n) is 12.0. The SMILES string of the molecule is COC[C@H]1CN(c2ccc3c(=O)n(CCc4ccc5c(c4)N(C)C(=O)C5(C)C)c(CCc4nncn4C)nc3c2)CCO1. The molecule has 1 saturated heterocycles. The van der Waals surface area contributed by atoms with Crippen molar-refractivity contribution in [2.24, 2.45) is 7.05 Å². The first-order valence-corrected chi connectivity index (χ1v) is 14.8. The van der Waals surface area contributed by atoms with Crippen LogP contribution < -0.4 is 15.4 Å². The smallest absolute Gasteiger partial charge is 0.261 e. The van der Waals surface area contributed by atoms with Gasteiger partial charge < -0.3 is 23.8 Å². The number of amides is 1. The van der Waals surface area contributed by atoms with Gasteiger partial charge in [0.1, 0.15) is 18.0 Å². The second kappa shape index (κ2) is 11.5. The molecule has 2 aromatic heterocycles. The van der Waals surface area contributed by atoms with E-state index >= 15 is 0 Å². The number of rotatable bonds is 9. The highest BCUT2D eigenvalue weighted by atomic mass is 16.5. The van der Waals surface area contributed by atoms with Crippen molar-refractivity contribution >= 4 is 28.2 Å². The van der Waals surface area contributed by atoms with Crippen molar-refractivity contribution in [3.63, 3.8) is 0 Å². The molecule has 1 atom stereocenters. The van der Waals surface area contributed by atoms with Gasteiger partial charge in [-0.1, -0.05) is 12.1 Å². The highest BCUT2D eigenvalue weighted by Gasteiger charge is 2.42.